The van der Waals surface area contributed by atoms with Crippen LogP contribution in [0, 0.1) is 19.7 Å². The molecule has 0 N–H and O–H groups in total. The van der Waals surface area contributed by atoms with E-state index < -0.39 is 5.82 Å². The van der Waals surface area contributed by atoms with Crippen LogP contribution in [0.25, 0.3) is 11.0 Å². The molecule has 0 saturated heterocycles. The molecule has 6 heteroatoms. The third-order valence-electron chi connectivity index (χ3n) is 3.72. The van der Waals surface area contributed by atoms with Crippen molar-refractivity contribution in [2.45, 2.75) is 20.4 Å². The van der Waals surface area contributed by atoms with E-state index >= 15 is 0 Å². The summed E-state index contributed by atoms with van der Waals surface area (Å²) < 4.78 is 13.9. The van der Waals surface area contributed by atoms with Crippen LogP contribution >= 0.6 is 11.3 Å². The first-order valence-electron chi connectivity index (χ1n) is 7.16. The molecule has 3 rings (SSSR count). The summed E-state index contributed by atoms with van der Waals surface area (Å²) in [5.41, 5.74) is 3.60. The Morgan fingerprint density at radius 3 is 2.70 bits per heavy atom. The second-order valence-electron chi connectivity index (χ2n) is 5.51. The number of rotatable bonds is 3. The smallest absolute Gasteiger partial charge is 0.256 e. The van der Waals surface area contributed by atoms with Crippen molar-refractivity contribution in [2.75, 3.05) is 7.05 Å². The first kappa shape index (κ1) is 15.6. The molecule has 0 bridgehead atoms. The molecule has 0 aliphatic rings. The Bertz CT molecular complexity index is 877. The molecule has 0 fully saturated rings. The van der Waals surface area contributed by atoms with Gasteiger partial charge in [0.15, 0.2) is 0 Å². The molecule has 0 aliphatic carbocycles. The molecule has 1 aromatic carbocycles. The number of carbonyl (C=O) groups is 1. The molecule has 0 radical (unpaired) electrons. The quantitative estimate of drug-likeness (QED) is 0.736. The highest BCUT2D eigenvalue weighted by molar-refractivity contribution is 7.07. The zero-order valence-electron chi connectivity index (χ0n) is 13.1. The van der Waals surface area contributed by atoms with Crippen molar-refractivity contribution >= 4 is 28.3 Å². The summed E-state index contributed by atoms with van der Waals surface area (Å²) in [5.74, 6) is -0.749. The van der Waals surface area contributed by atoms with E-state index in [0.717, 1.165) is 17.0 Å². The second-order valence-corrected chi connectivity index (χ2v) is 6.29. The number of halogens is 1. The van der Waals surface area contributed by atoms with Crippen LogP contribution in [-0.2, 0) is 6.54 Å². The maximum absolute atomic E-state index is 13.9. The van der Waals surface area contributed by atoms with Crippen molar-refractivity contribution < 1.29 is 9.18 Å². The van der Waals surface area contributed by atoms with Gasteiger partial charge in [0.1, 0.15) is 11.3 Å². The number of aromatic nitrogens is 2. The minimum atomic E-state index is -0.484. The van der Waals surface area contributed by atoms with Crippen molar-refractivity contribution in [3.63, 3.8) is 0 Å². The fourth-order valence-electron chi connectivity index (χ4n) is 2.39. The number of aryl methyl sites for hydroxylation is 2. The monoisotopic (exact) mass is 329 g/mol. The van der Waals surface area contributed by atoms with Gasteiger partial charge in [-0.15, -0.1) is 0 Å². The molecule has 0 unspecified atom stereocenters. The predicted octanol–water partition coefficient (Wildman–Crippen LogP) is 3.72. The topological polar surface area (TPSA) is 46.1 Å². The van der Waals surface area contributed by atoms with Crippen LogP contribution in [0.2, 0.25) is 0 Å². The van der Waals surface area contributed by atoms with Crippen LogP contribution in [0.5, 0.6) is 0 Å². The third kappa shape index (κ3) is 3.07. The maximum atomic E-state index is 13.9. The summed E-state index contributed by atoms with van der Waals surface area (Å²) in [7, 11) is 1.70. The largest absolute Gasteiger partial charge is 0.337 e. The lowest BCUT2D eigenvalue weighted by Gasteiger charge is -2.17. The highest BCUT2D eigenvalue weighted by atomic mass is 32.1. The average molecular weight is 329 g/mol. The summed E-state index contributed by atoms with van der Waals surface area (Å²) in [6.07, 6.45) is 0. The van der Waals surface area contributed by atoms with E-state index in [1.165, 1.54) is 12.1 Å². The number of amides is 1. The Morgan fingerprint density at radius 1 is 1.26 bits per heavy atom. The lowest BCUT2D eigenvalue weighted by molar-refractivity contribution is 0.0786. The third-order valence-corrected chi connectivity index (χ3v) is 4.45. The van der Waals surface area contributed by atoms with Crippen molar-refractivity contribution in [3.8, 4) is 0 Å². The highest BCUT2D eigenvalue weighted by Crippen LogP contribution is 2.21. The Labute approximate surface area is 137 Å². The zero-order valence-corrected chi connectivity index (χ0v) is 13.9. The SMILES string of the molecule is Cc1nc2cc(F)cc(C(=O)N(C)Cc3ccsc3)c2nc1C. The van der Waals surface area contributed by atoms with Gasteiger partial charge in [-0.2, -0.15) is 11.3 Å². The zero-order chi connectivity index (χ0) is 16.6. The summed E-state index contributed by atoms with van der Waals surface area (Å²) in [4.78, 5) is 23.1. The van der Waals surface area contributed by atoms with Gasteiger partial charge in [0.05, 0.1) is 22.5 Å². The van der Waals surface area contributed by atoms with E-state index in [4.69, 9.17) is 0 Å². The van der Waals surface area contributed by atoms with Crippen molar-refractivity contribution in [1.29, 1.82) is 0 Å². The standard InChI is InChI=1S/C17H16FN3OS/c1-10-11(2)20-16-14(6-13(18)7-15(16)19-10)17(22)21(3)8-12-4-5-23-9-12/h4-7,9H,8H2,1-3H3. The lowest BCUT2D eigenvalue weighted by atomic mass is 10.1. The first-order chi connectivity index (χ1) is 11.0. The summed E-state index contributed by atoms with van der Waals surface area (Å²) >= 11 is 1.58. The number of hydrogen-bond donors (Lipinski definition) is 0. The average Bonchev–Trinajstić information content (AvgIpc) is 3.00. The van der Waals surface area contributed by atoms with Gasteiger partial charge in [0.25, 0.3) is 5.91 Å². The number of fused-ring (bicyclic) bond motifs is 1. The van der Waals surface area contributed by atoms with E-state index in [0.29, 0.717) is 17.6 Å². The minimum absolute atomic E-state index is 0.244. The van der Waals surface area contributed by atoms with Gasteiger partial charge >= 0.3 is 0 Å². The highest BCUT2D eigenvalue weighted by Gasteiger charge is 2.19. The second kappa shape index (κ2) is 6.04. The molecule has 118 valence electrons. The van der Waals surface area contributed by atoms with E-state index in [1.807, 2.05) is 30.7 Å². The number of nitrogens with zero attached hydrogens (tertiary/aromatic N) is 3. The normalized spacial score (nSPS) is 11.0. The van der Waals surface area contributed by atoms with Crippen LogP contribution in [0.3, 0.4) is 0 Å². The molecule has 4 nitrogen and oxygen atoms in total. The van der Waals surface area contributed by atoms with Crippen LogP contribution in [-0.4, -0.2) is 27.8 Å². The molecule has 1 amide bonds. The number of carbonyl (C=O) groups excluding carboxylic acids is 1. The summed E-state index contributed by atoms with van der Waals surface area (Å²) in [5, 5.41) is 3.95. The van der Waals surface area contributed by atoms with E-state index in [1.54, 1.807) is 23.3 Å². The summed E-state index contributed by atoms with van der Waals surface area (Å²) in [6, 6.07) is 4.51. The molecule has 0 atom stereocenters. The fourth-order valence-corrected chi connectivity index (χ4v) is 3.05. The maximum Gasteiger partial charge on any atom is 0.256 e. The Morgan fingerprint density at radius 2 is 2.00 bits per heavy atom. The molecule has 3 aromatic rings. The lowest BCUT2D eigenvalue weighted by Crippen LogP contribution is -2.26. The first-order valence-corrected chi connectivity index (χ1v) is 8.11. The molecular weight excluding hydrogens is 313 g/mol. The van der Waals surface area contributed by atoms with Gasteiger partial charge in [0.2, 0.25) is 0 Å². The van der Waals surface area contributed by atoms with Crippen LogP contribution in [0.1, 0.15) is 27.3 Å². The van der Waals surface area contributed by atoms with Gasteiger partial charge in [-0.25, -0.2) is 14.4 Å². The number of thiophene rings is 1. The van der Waals surface area contributed by atoms with Gasteiger partial charge in [-0.3, -0.25) is 4.79 Å². The van der Waals surface area contributed by atoms with E-state index in [9.17, 15) is 9.18 Å². The van der Waals surface area contributed by atoms with Gasteiger partial charge in [0, 0.05) is 19.7 Å². The van der Waals surface area contributed by atoms with Crippen LogP contribution < -0.4 is 0 Å². The molecule has 0 aliphatic heterocycles. The van der Waals surface area contributed by atoms with Crippen molar-refractivity contribution in [3.05, 3.63) is 57.3 Å². The number of benzene rings is 1. The van der Waals surface area contributed by atoms with E-state index in [-0.39, 0.29) is 11.5 Å². The fraction of sp³-hybridized carbons (Fsp3) is 0.235. The van der Waals surface area contributed by atoms with Gasteiger partial charge < -0.3 is 4.90 Å². The molecule has 2 aromatic heterocycles. The molecular formula is C17H16FN3OS. The molecule has 2 heterocycles. The Balaban J connectivity index is 2.04. The van der Waals surface area contributed by atoms with Crippen molar-refractivity contribution in [1.82, 2.24) is 14.9 Å². The minimum Gasteiger partial charge on any atom is -0.337 e. The summed E-state index contributed by atoms with van der Waals surface area (Å²) in [6.45, 7) is 4.12. The molecule has 23 heavy (non-hydrogen) atoms. The predicted molar refractivity (Wildman–Crippen MR) is 89.1 cm³/mol. The Kier molecular flexibility index (Phi) is 4.09. The Hall–Kier alpha value is -2.34. The number of hydrogen-bond acceptors (Lipinski definition) is 4. The molecule has 0 saturated carbocycles. The van der Waals surface area contributed by atoms with Crippen LogP contribution in [0.15, 0.2) is 29.0 Å². The molecule has 0 spiro atoms. The van der Waals surface area contributed by atoms with Crippen molar-refractivity contribution in [2.24, 2.45) is 0 Å². The van der Waals surface area contributed by atoms with Crippen LogP contribution in [0.4, 0.5) is 4.39 Å². The van der Waals surface area contributed by atoms with Gasteiger partial charge in [-0.1, -0.05) is 0 Å². The van der Waals surface area contributed by atoms with Gasteiger partial charge in [-0.05, 0) is 42.3 Å². The van der Waals surface area contributed by atoms with E-state index in [2.05, 4.69) is 9.97 Å².